The van der Waals surface area contributed by atoms with Gasteiger partial charge in [0.2, 0.25) is 5.78 Å². The van der Waals surface area contributed by atoms with E-state index in [-0.39, 0.29) is 29.7 Å². The highest BCUT2D eigenvalue weighted by atomic mass is 16.3. The summed E-state index contributed by atoms with van der Waals surface area (Å²) in [4.78, 5) is 44.5. The minimum absolute atomic E-state index is 0.0476. The van der Waals surface area contributed by atoms with Crippen LogP contribution < -0.4 is 16.4 Å². The van der Waals surface area contributed by atoms with E-state index in [2.05, 4.69) is 11.8 Å². The summed E-state index contributed by atoms with van der Waals surface area (Å²) in [5, 5.41) is 45.6. The Labute approximate surface area is 232 Å². The number of aliphatic hydroxyl groups is 3. The lowest BCUT2D eigenvalue weighted by Crippen LogP contribution is -2.70. The number of anilines is 1. The predicted molar refractivity (Wildman–Crippen MR) is 147 cm³/mol. The second-order valence-corrected chi connectivity index (χ2v) is 11.4. The fourth-order valence-corrected chi connectivity index (χ4v) is 6.18. The van der Waals surface area contributed by atoms with Crippen LogP contribution in [0.3, 0.4) is 0 Å². The van der Waals surface area contributed by atoms with E-state index in [9.17, 15) is 34.8 Å². The molecule has 1 aromatic carbocycles. The Balaban J connectivity index is 2.03. The average molecular weight is 554 g/mol. The molecule has 4 rings (SSSR count). The summed E-state index contributed by atoms with van der Waals surface area (Å²) in [5.74, 6) is -1.00. The zero-order valence-electron chi connectivity index (χ0n) is 23.4. The van der Waals surface area contributed by atoms with Crippen molar-refractivity contribution < 1.29 is 34.8 Å². The largest absolute Gasteiger partial charge is 0.508 e. The van der Waals surface area contributed by atoms with Crippen LogP contribution in [-0.2, 0) is 20.8 Å². The standard InChI is InChI=1S/C28H35N5O7/c1-31(2)9-7-8-13-10-16(32(3)4)14-11-27(30)12-15-20(33(5)6)23(36)18(26(29)39)24(37)28(15,40)25(38)19(27)22(35)17(14)21(13)34/h10,15,20,34-35,37,40H,9,11-12,30H2,1-6H3,(H2,29,39)/t15-,20-,27+,28+/m0/s1. The first kappa shape index (κ1) is 29.1. The number of likely N-dealkylation sites (N-methyl/N-ethyl adjacent to an activating group) is 1. The lowest BCUT2D eigenvalue weighted by Gasteiger charge is -2.53. The molecule has 214 valence electrons. The van der Waals surface area contributed by atoms with E-state index < -0.39 is 63.2 Å². The molecule has 12 nitrogen and oxygen atoms in total. The van der Waals surface area contributed by atoms with Crippen LogP contribution in [0.5, 0.6) is 5.75 Å². The molecule has 1 aromatic rings. The van der Waals surface area contributed by atoms with E-state index in [1.54, 1.807) is 25.1 Å². The molecule has 0 aliphatic heterocycles. The third-order valence-corrected chi connectivity index (χ3v) is 7.94. The van der Waals surface area contributed by atoms with Gasteiger partial charge < -0.3 is 36.8 Å². The summed E-state index contributed by atoms with van der Waals surface area (Å²) < 4.78 is 0. The Morgan fingerprint density at radius 3 is 2.27 bits per heavy atom. The molecule has 0 unspecified atom stereocenters. The number of phenolic OH excluding ortho intramolecular Hbond substituents is 1. The molecule has 40 heavy (non-hydrogen) atoms. The van der Waals surface area contributed by atoms with Crippen LogP contribution in [-0.4, -0.2) is 114 Å². The molecule has 0 bridgehead atoms. The number of phenols is 1. The van der Waals surface area contributed by atoms with Crippen molar-refractivity contribution in [3.05, 3.63) is 39.7 Å². The molecule has 8 N–H and O–H groups in total. The number of hydrogen-bond acceptors (Lipinski definition) is 11. The topological polar surface area (TPSA) is 194 Å². The zero-order chi connectivity index (χ0) is 30.1. The number of nitrogens with two attached hydrogens (primary N) is 2. The lowest BCUT2D eigenvalue weighted by molar-refractivity contribution is -0.154. The Hall–Kier alpha value is -3.89. The van der Waals surface area contributed by atoms with Gasteiger partial charge in [-0.05, 0) is 52.7 Å². The second kappa shape index (κ2) is 9.64. The van der Waals surface area contributed by atoms with Crippen molar-refractivity contribution in [2.75, 3.05) is 53.7 Å². The maximum atomic E-state index is 14.1. The molecular weight excluding hydrogens is 518 g/mol. The SMILES string of the molecule is CN(C)CC#Cc1cc(N(C)C)c2c(c1O)C(O)=C1C(=O)[C@]3(O)C(O)=C(C(N)=O)C(=O)[C@@H](N(C)C)[C@@H]3C[C@]1(N)C2. The van der Waals surface area contributed by atoms with E-state index in [1.165, 1.54) is 19.0 Å². The second-order valence-electron chi connectivity index (χ2n) is 11.4. The van der Waals surface area contributed by atoms with Crippen LogP contribution in [0.2, 0.25) is 0 Å². The third kappa shape index (κ3) is 4.05. The van der Waals surface area contributed by atoms with Gasteiger partial charge in [-0.2, -0.15) is 0 Å². The number of benzene rings is 1. The van der Waals surface area contributed by atoms with Gasteiger partial charge in [-0.3, -0.25) is 24.2 Å². The molecule has 3 aliphatic rings. The number of amides is 1. The highest BCUT2D eigenvalue weighted by Crippen LogP contribution is 2.54. The number of primary amides is 1. The Morgan fingerprint density at radius 2 is 1.75 bits per heavy atom. The fourth-order valence-electron chi connectivity index (χ4n) is 6.18. The summed E-state index contributed by atoms with van der Waals surface area (Å²) in [5.41, 5.74) is 7.69. The maximum Gasteiger partial charge on any atom is 0.255 e. The first-order chi connectivity index (χ1) is 18.5. The van der Waals surface area contributed by atoms with Gasteiger partial charge in [0.1, 0.15) is 22.8 Å². The fraction of sp³-hybridized carbons (Fsp3) is 0.464. The number of carbonyl (C=O) groups is 3. The molecule has 1 fully saturated rings. The van der Waals surface area contributed by atoms with Crippen LogP contribution >= 0.6 is 0 Å². The number of aliphatic hydroxyl groups excluding tert-OH is 2. The van der Waals surface area contributed by atoms with Gasteiger partial charge in [0.05, 0.1) is 34.8 Å². The van der Waals surface area contributed by atoms with Crippen molar-refractivity contribution >= 4 is 28.9 Å². The lowest BCUT2D eigenvalue weighted by atomic mass is 9.55. The number of rotatable bonds is 4. The number of Topliss-reactive ketones (excluding diaryl/α,β-unsaturated/α-hetero) is 2. The van der Waals surface area contributed by atoms with E-state index in [0.717, 1.165) is 0 Å². The van der Waals surface area contributed by atoms with Crippen LogP contribution in [0, 0.1) is 17.8 Å². The molecular formula is C28H35N5O7. The van der Waals surface area contributed by atoms with Gasteiger partial charge in [0, 0.05) is 25.7 Å². The van der Waals surface area contributed by atoms with Gasteiger partial charge >= 0.3 is 0 Å². The summed E-state index contributed by atoms with van der Waals surface area (Å²) in [6, 6.07) is 0.439. The molecule has 0 heterocycles. The maximum absolute atomic E-state index is 14.1. The summed E-state index contributed by atoms with van der Waals surface area (Å²) in [6.45, 7) is 0.402. The van der Waals surface area contributed by atoms with Crippen molar-refractivity contribution in [2.24, 2.45) is 17.4 Å². The molecule has 0 saturated heterocycles. The molecule has 0 radical (unpaired) electrons. The molecule has 0 spiro atoms. The minimum atomic E-state index is -2.78. The van der Waals surface area contributed by atoms with Crippen molar-refractivity contribution in [1.29, 1.82) is 0 Å². The van der Waals surface area contributed by atoms with Gasteiger partial charge in [-0.25, -0.2) is 0 Å². The van der Waals surface area contributed by atoms with Crippen molar-refractivity contribution in [1.82, 2.24) is 9.80 Å². The van der Waals surface area contributed by atoms with Gasteiger partial charge in [0.15, 0.2) is 11.4 Å². The number of carbonyl (C=O) groups excluding carboxylic acids is 3. The zero-order valence-corrected chi connectivity index (χ0v) is 23.4. The van der Waals surface area contributed by atoms with Crippen molar-refractivity contribution in [2.45, 2.75) is 30.0 Å². The van der Waals surface area contributed by atoms with Crippen molar-refractivity contribution in [3.63, 3.8) is 0 Å². The van der Waals surface area contributed by atoms with Crippen molar-refractivity contribution in [3.8, 4) is 17.6 Å². The molecule has 0 aromatic heterocycles. The quantitative estimate of drug-likeness (QED) is 0.198. The number of hydrogen-bond donors (Lipinski definition) is 6. The van der Waals surface area contributed by atoms with E-state index in [4.69, 9.17) is 11.5 Å². The highest BCUT2D eigenvalue weighted by Gasteiger charge is 2.67. The normalized spacial score (nSPS) is 27.8. The van der Waals surface area contributed by atoms with Crippen LogP contribution in [0.25, 0.3) is 5.76 Å². The number of nitrogens with zero attached hydrogens (tertiary/aromatic N) is 3. The van der Waals surface area contributed by atoms with Crippen LogP contribution in [0.4, 0.5) is 5.69 Å². The average Bonchev–Trinajstić information content (AvgIpc) is 2.81. The van der Waals surface area contributed by atoms with Gasteiger partial charge in [-0.1, -0.05) is 11.8 Å². The minimum Gasteiger partial charge on any atom is -0.508 e. The number of aromatic hydroxyl groups is 1. The molecule has 1 saturated carbocycles. The van der Waals surface area contributed by atoms with E-state index in [0.29, 0.717) is 17.8 Å². The monoisotopic (exact) mass is 553 g/mol. The Bertz CT molecular complexity index is 1470. The molecule has 3 aliphatic carbocycles. The van der Waals surface area contributed by atoms with E-state index in [1.807, 2.05) is 19.0 Å². The first-order valence-electron chi connectivity index (χ1n) is 12.6. The van der Waals surface area contributed by atoms with Gasteiger partial charge in [0.25, 0.3) is 5.91 Å². The summed E-state index contributed by atoms with van der Waals surface area (Å²) in [6.07, 6.45) is -0.273. The first-order valence-corrected chi connectivity index (χ1v) is 12.6. The molecule has 1 amide bonds. The molecule has 12 heteroatoms. The Kier molecular flexibility index (Phi) is 7.01. The third-order valence-electron chi connectivity index (χ3n) is 7.94. The van der Waals surface area contributed by atoms with Crippen LogP contribution in [0.1, 0.15) is 23.1 Å². The molecule has 4 atom stereocenters. The highest BCUT2D eigenvalue weighted by molar-refractivity contribution is 6.24. The predicted octanol–water partition coefficient (Wildman–Crippen LogP) is -0.976. The van der Waals surface area contributed by atoms with Gasteiger partial charge in [-0.15, -0.1) is 0 Å². The Morgan fingerprint density at radius 1 is 1.12 bits per heavy atom. The number of fused-ring (bicyclic) bond motifs is 3. The smallest absolute Gasteiger partial charge is 0.255 e. The number of ketones is 2. The van der Waals surface area contributed by atoms with E-state index >= 15 is 0 Å². The summed E-state index contributed by atoms with van der Waals surface area (Å²) in [7, 11) is 10.3. The van der Waals surface area contributed by atoms with Crippen LogP contribution in [0.15, 0.2) is 23.0 Å². The summed E-state index contributed by atoms with van der Waals surface area (Å²) >= 11 is 0.